The first kappa shape index (κ1) is 12.1. The fourth-order valence-corrected chi connectivity index (χ4v) is 1.97. The summed E-state index contributed by atoms with van der Waals surface area (Å²) in [5, 5.41) is 1.19. The van der Waals surface area contributed by atoms with Gasteiger partial charge in [0.15, 0.2) is 0 Å². The molecule has 0 amide bonds. The Labute approximate surface area is 106 Å². The van der Waals surface area contributed by atoms with Gasteiger partial charge in [-0.15, -0.1) is 0 Å². The van der Waals surface area contributed by atoms with E-state index in [0.29, 0.717) is 4.99 Å². The number of hydrogen-bond acceptors (Lipinski definition) is 2. The van der Waals surface area contributed by atoms with Gasteiger partial charge in [0.2, 0.25) is 0 Å². The van der Waals surface area contributed by atoms with Crippen molar-refractivity contribution >= 4 is 28.1 Å². The van der Waals surface area contributed by atoms with E-state index in [-0.39, 0.29) is 6.10 Å². The second kappa shape index (κ2) is 4.85. The van der Waals surface area contributed by atoms with E-state index < -0.39 is 0 Å². The van der Waals surface area contributed by atoms with Crippen molar-refractivity contribution < 1.29 is 4.74 Å². The van der Waals surface area contributed by atoms with E-state index >= 15 is 0 Å². The maximum absolute atomic E-state index is 5.65. The van der Waals surface area contributed by atoms with Crippen LogP contribution in [-0.2, 0) is 11.3 Å². The number of nitrogens with zero attached hydrogens (tertiary/aromatic N) is 1. The summed E-state index contributed by atoms with van der Waals surface area (Å²) >= 11 is 5.00. The Morgan fingerprint density at radius 2 is 2.24 bits per heavy atom. The van der Waals surface area contributed by atoms with Crippen LogP contribution in [0.15, 0.2) is 30.5 Å². The Kier molecular flexibility index (Phi) is 3.45. The van der Waals surface area contributed by atoms with Crippen molar-refractivity contribution in [2.24, 2.45) is 5.73 Å². The number of hydrogen-bond donors (Lipinski definition) is 1. The zero-order valence-corrected chi connectivity index (χ0v) is 10.8. The van der Waals surface area contributed by atoms with Crippen LogP contribution in [0.2, 0.25) is 0 Å². The zero-order valence-electron chi connectivity index (χ0n) is 10.0. The highest BCUT2D eigenvalue weighted by Gasteiger charge is 2.06. The van der Waals surface area contributed by atoms with Crippen molar-refractivity contribution in [1.29, 1.82) is 0 Å². The van der Waals surface area contributed by atoms with E-state index in [9.17, 15) is 0 Å². The number of aromatic nitrogens is 1. The number of nitrogens with two attached hydrogens (primary N) is 1. The van der Waals surface area contributed by atoms with Gasteiger partial charge < -0.3 is 15.0 Å². The molecule has 0 saturated heterocycles. The average Bonchev–Trinajstić information content (AvgIpc) is 2.71. The third kappa shape index (κ3) is 2.48. The highest BCUT2D eigenvalue weighted by atomic mass is 32.1. The molecule has 17 heavy (non-hydrogen) atoms. The summed E-state index contributed by atoms with van der Waals surface area (Å²) in [6.45, 7) is 2.87. The van der Waals surface area contributed by atoms with Gasteiger partial charge in [0, 0.05) is 30.9 Å². The van der Waals surface area contributed by atoms with Crippen molar-refractivity contribution in [2.45, 2.75) is 19.6 Å². The molecule has 0 radical (unpaired) electrons. The van der Waals surface area contributed by atoms with Crippen LogP contribution in [0, 0.1) is 0 Å². The van der Waals surface area contributed by atoms with E-state index in [0.717, 1.165) is 17.6 Å². The Morgan fingerprint density at radius 1 is 1.47 bits per heavy atom. The Bertz CT molecular complexity index is 547. The molecule has 2 N–H and O–H groups in total. The summed E-state index contributed by atoms with van der Waals surface area (Å²) in [6, 6.07) is 8.10. The zero-order chi connectivity index (χ0) is 12.4. The Balaban J connectivity index is 2.43. The smallest absolute Gasteiger partial charge is 0.104 e. The molecule has 90 valence electrons. The molecule has 0 aliphatic heterocycles. The monoisotopic (exact) mass is 248 g/mol. The number of rotatable bonds is 4. The first-order valence-corrected chi connectivity index (χ1v) is 5.94. The third-order valence-corrected chi connectivity index (χ3v) is 3.15. The minimum atomic E-state index is 0.180. The molecule has 1 atom stereocenters. The summed E-state index contributed by atoms with van der Waals surface area (Å²) in [6.07, 6.45) is 2.24. The summed E-state index contributed by atoms with van der Waals surface area (Å²) in [4.78, 5) is 0.430. The molecule has 1 heterocycles. The van der Waals surface area contributed by atoms with Gasteiger partial charge in [0.05, 0.1) is 6.10 Å². The first-order valence-electron chi connectivity index (χ1n) is 5.53. The number of benzene rings is 1. The van der Waals surface area contributed by atoms with Gasteiger partial charge in [-0.3, -0.25) is 0 Å². The first-order chi connectivity index (χ1) is 8.11. The SMILES string of the molecule is COC(C)Cn1ccc2ccc(C(N)=S)cc21. The van der Waals surface area contributed by atoms with Gasteiger partial charge in [-0.1, -0.05) is 24.4 Å². The van der Waals surface area contributed by atoms with Gasteiger partial charge in [0.25, 0.3) is 0 Å². The van der Waals surface area contributed by atoms with Gasteiger partial charge in [-0.25, -0.2) is 0 Å². The van der Waals surface area contributed by atoms with Gasteiger partial charge in [0.1, 0.15) is 4.99 Å². The lowest BCUT2D eigenvalue weighted by atomic mass is 10.1. The van der Waals surface area contributed by atoms with E-state index in [2.05, 4.69) is 16.8 Å². The predicted molar refractivity (Wildman–Crippen MR) is 74.3 cm³/mol. The van der Waals surface area contributed by atoms with Crippen molar-refractivity contribution in [3.05, 3.63) is 36.0 Å². The molecule has 0 bridgehead atoms. The lowest BCUT2D eigenvalue weighted by molar-refractivity contribution is 0.104. The van der Waals surface area contributed by atoms with E-state index in [1.807, 2.05) is 25.1 Å². The average molecular weight is 248 g/mol. The molecule has 3 nitrogen and oxygen atoms in total. The maximum atomic E-state index is 5.65. The van der Waals surface area contributed by atoms with E-state index in [4.69, 9.17) is 22.7 Å². The molecule has 0 aliphatic rings. The lowest BCUT2D eigenvalue weighted by Crippen LogP contribution is -2.14. The van der Waals surface area contributed by atoms with Crippen molar-refractivity contribution in [3.8, 4) is 0 Å². The summed E-state index contributed by atoms with van der Waals surface area (Å²) < 4.78 is 7.44. The topological polar surface area (TPSA) is 40.2 Å². The van der Waals surface area contributed by atoms with E-state index in [1.165, 1.54) is 5.39 Å². The van der Waals surface area contributed by atoms with Gasteiger partial charge >= 0.3 is 0 Å². The predicted octanol–water partition coefficient (Wildman–Crippen LogP) is 2.31. The molecule has 4 heteroatoms. The summed E-state index contributed by atoms with van der Waals surface area (Å²) in [7, 11) is 1.72. The van der Waals surface area contributed by atoms with Crippen LogP contribution in [0.4, 0.5) is 0 Å². The molecule has 2 aromatic rings. The standard InChI is InChI=1S/C13H16N2OS/c1-9(16-2)8-15-6-5-10-3-4-11(13(14)17)7-12(10)15/h3-7,9H,8H2,1-2H3,(H2,14,17). The minimum absolute atomic E-state index is 0.180. The number of methoxy groups -OCH3 is 1. The number of fused-ring (bicyclic) bond motifs is 1. The molecule has 2 rings (SSSR count). The fraction of sp³-hybridized carbons (Fsp3) is 0.308. The fourth-order valence-electron chi connectivity index (χ4n) is 1.85. The van der Waals surface area contributed by atoms with Gasteiger partial charge in [-0.05, 0) is 24.4 Å². The summed E-state index contributed by atoms with van der Waals surface area (Å²) in [5.41, 5.74) is 7.69. The second-order valence-electron chi connectivity index (χ2n) is 4.15. The normalized spacial score (nSPS) is 12.8. The molecule has 0 spiro atoms. The molecule has 1 aromatic carbocycles. The Morgan fingerprint density at radius 3 is 2.88 bits per heavy atom. The quantitative estimate of drug-likeness (QED) is 0.844. The van der Waals surface area contributed by atoms with Crippen molar-refractivity contribution in [3.63, 3.8) is 0 Å². The molecule has 1 unspecified atom stereocenters. The van der Waals surface area contributed by atoms with Crippen molar-refractivity contribution in [2.75, 3.05) is 7.11 Å². The van der Waals surface area contributed by atoms with Crippen LogP contribution < -0.4 is 5.73 Å². The van der Waals surface area contributed by atoms with Crippen LogP contribution >= 0.6 is 12.2 Å². The Hall–Kier alpha value is -1.39. The van der Waals surface area contributed by atoms with E-state index in [1.54, 1.807) is 7.11 Å². The highest BCUT2D eigenvalue weighted by Crippen LogP contribution is 2.18. The van der Waals surface area contributed by atoms with Crippen LogP contribution in [0.3, 0.4) is 0 Å². The maximum Gasteiger partial charge on any atom is 0.104 e. The van der Waals surface area contributed by atoms with Crippen LogP contribution in [0.1, 0.15) is 12.5 Å². The molecular formula is C13H16N2OS. The molecular weight excluding hydrogens is 232 g/mol. The second-order valence-corrected chi connectivity index (χ2v) is 4.59. The van der Waals surface area contributed by atoms with Gasteiger partial charge in [-0.2, -0.15) is 0 Å². The largest absolute Gasteiger partial charge is 0.389 e. The molecule has 0 fully saturated rings. The lowest BCUT2D eigenvalue weighted by Gasteiger charge is -2.12. The van der Waals surface area contributed by atoms with Crippen LogP contribution in [-0.4, -0.2) is 22.8 Å². The van der Waals surface area contributed by atoms with Crippen molar-refractivity contribution in [1.82, 2.24) is 4.57 Å². The third-order valence-electron chi connectivity index (χ3n) is 2.91. The van der Waals surface area contributed by atoms with Crippen LogP contribution in [0.25, 0.3) is 10.9 Å². The van der Waals surface area contributed by atoms with Crippen LogP contribution in [0.5, 0.6) is 0 Å². The minimum Gasteiger partial charge on any atom is -0.389 e. The molecule has 0 saturated carbocycles. The number of ether oxygens (including phenoxy) is 1. The highest BCUT2D eigenvalue weighted by molar-refractivity contribution is 7.80. The molecule has 1 aromatic heterocycles. The number of thiocarbonyl (C=S) groups is 1. The summed E-state index contributed by atoms with van der Waals surface area (Å²) in [5.74, 6) is 0. The molecule has 0 aliphatic carbocycles.